The normalized spacial score (nSPS) is 11.8. The summed E-state index contributed by atoms with van der Waals surface area (Å²) in [6.07, 6.45) is 12.4. The van der Waals surface area contributed by atoms with Crippen molar-refractivity contribution in [1.29, 1.82) is 0 Å². The Morgan fingerprint density at radius 3 is 0.644 bits per heavy atom. The minimum absolute atomic E-state index is 0.186. The third-order valence-corrected chi connectivity index (χ3v) is 8.51. The summed E-state index contributed by atoms with van der Waals surface area (Å²) in [5.41, 5.74) is -1.23. The van der Waals surface area contributed by atoms with E-state index in [-0.39, 0.29) is 74.0 Å². The second kappa shape index (κ2) is 26.0. The van der Waals surface area contributed by atoms with Gasteiger partial charge < -0.3 is 18.9 Å². The fourth-order valence-corrected chi connectivity index (χ4v) is 5.93. The molecule has 45 heavy (non-hydrogen) atoms. The molecule has 0 spiro atoms. The van der Waals surface area contributed by atoms with Gasteiger partial charge in [0.15, 0.2) is 0 Å². The fraction of sp³-hybridized carbons (Fsp3) is 0.892. The van der Waals surface area contributed by atoms with Crippen LogP contribution in [0.25, 0.3) is 0 Å². The lowest BCUT2D eigenvalue weighted by molar-refractivity contribution is -0.176. The highest BCUT2D eigenvalue weighted by Crippen LogP contribution is 2.27. The Labute approximate surface area is 275 Å². The first-order valence-corrected chi connectivity index (χ1v) is 18.3. The molecule has 0 saturated carbocycles. The smallest absolute Gasteiger partial charge is 0.308 e. The van der Waals surface area contributed by atoms with Crippen molar-refractivity contribution in [3.8, 4) is 0 Å². The van der Waals surface area contributed by atoms with E-state index >= 15 is 0 Å². The molecule has 0 saturated heterocycles. The second-order valence-corrected chi connectivity index (χ2v) is 13.0. The van der Waals surface area contributed by atoms with Crippen molar-refractivity contribution in [2.45, 2.75) is 158 Å². The van der Waals surface area contributed by atoms with Crippen LogP contribution >= 0.6 is 0 Å². The standard InChI is InChI=1S/C37H68O8/c1-9-17-29(18-10-2)33(38)42-25-37(26-43-34(39)30(19-11-3)20-12-4,27-44-35(40)31(21-13-5)22-14-6)28-45-36(41)32(23-15-7)24-16-8/h29-32H,9-28H2,1-8H3. The van der Waals surface area contributed by atoms with Gasteiger partial charge in [0.05, 0.1) is 23.7 Å². The molecule has 0 amide bonds. The van der Waals surface area contributed by atoms with Crippen LogP contribution in [0.15, 0.2) is 0 Å². The summed E-state index contributed by atoms with van der Waals surface area (Å²) in [7, 11) is 0. The molecular weight excluding hydrogens is 572 g/mol. The van der Waals surface area contributed by atoms with Crippen LogP contribution in [0.3, 0.4) is 0 Å². The van der Waals surface area contributed by atoms with Crippen LogP contribution in [-0.4, -0.2) is 50.3 Å². The highest BCUT2D eigenvalue weighted by molar-refractivity contribution is 5.74. The Hall–Kier alpha value is -2.12. The quantitative estimate of drug-likeness (QED) is 0.0616. The molecule has 8 nitrogen and oxygen atoms in total. The lowest BCUT2D eigenvalue weighted by Crippen LogP contribution is -2.45. The zero-order valence-corrected chi connectivity index (χ0v) is 30.2. The minimum atomic E-state index is -1.23. The van der Waals surface area contributed by atoms with Crippen LogP contribution in [0, 0.1) is 29.1 Å². The summed E-state index contributed by atoms with van der Waals surface area (Å²) in [6.45, 7) is 15.5. The van der Waals surface area contributed by atoms with Crippen LogP contribution in [-0.2, 0) is 38.1 Å². The highest BCUT2D eigenvalue weighted by atomic mass is 16.6. The highest BCUT2D eigenvalue weighted by Gasteiger charge is 2.40. The molecule has 8 heteroatoms. The van der Waals surface area contributed by atoms with Gasteiger partial charge in [0.1, 0.15) is 31.8 Å². The van der Waals surface area contributed by atoms with Crippen LogP contribution in [0.5, 0.6) is 0 Å². The van der Waals surface area contributed by atoms with Crippen molar-refractivity contribution in [2.75, 3.05) is 26.4 Å². The van der Waals surface area contributed by atoms with E-state index in [0.29, 0.717) is 51.4 Å². The van der Waals surface area contributed by atoms with Crippen molar-refractivity contribution >= 4 is 23.9 Å². The number of ether oxygens (including phenoxy) is 4. The molecule has 0 aromatic rings. The van der Waals surface area contributed by atoms with Gasteiger partial charge in [-0.1, -0.05) is 107 Å². The predicted molar refractivity (Wildman–Crippen MR) is 179 cm³/mol. The Kier molecular flexibility index (Phi) is 24.8. The van der Waals surface area contributed by atoms with Crippen LogP contribution < -0.4 is 0 Å². The van der Waals surface area contributed by atoms with Gasteiger partial charge in [0, 0.05) is 0 Å². The van der Waals surface area contributed by atoms with E-state index in [0.717, 1.165) is 51.4 Å². The van der Waals surface area contributed by atoms with Gasteiger partial charge in [-0.05, 0) is 51.4 Å². The number of rotatable bonds is 28. The molecule has 0 heterocycles. The van der Waals surface area contributed by atoms with Crippen LogP contribution in [0.1, 0.15) is 158 Å². The zero-order valence-electron chi connectivity index (χ0n) is 30.2. The Balaban J connectivity index is 6.44. The van der Waals surface area contributed by atoms with Crippen molar-refractivity contribution in [2.24, 2.45) is 29.1 Å². The number of hydrogen-bond acceptors (Lipinski definition) is 8. The number of hydrogen-bond donors (Lipinski definition) is 0. The van der Waals surface area contributed by atoms with Crippen LogP contribution in [0.4, 0.5) is 0 Å². The molecule has 0 unspecified atom stereocenters. The molecule has 0 atom stereocenters. The van der Waals surface area contributed by atoms with E-state index in [1.807, 2.05) is 55.4 Å². The maximum atomic E-state index is 13.3. The average molecular weight is 641 g/mol. The Morgan fingerprint density at radius 2 is 0.511 bits per heavy atom. The molecule has 0 bridgehead atoms. The molecule has 0 rings (SSSR count). The van der Waals surface area contributed by atoms with Gasteiger partial charge in [0.25, 0.3) is 0 Å². The van der Waals surface area contributed by atoms with Gasteiger partial charge >= 0.3 is 23.9 Å². The van der Waals surface area contributed by atoms with E-state index in [9.17, 15) is 19.2 Å². The molecule has 0 radical (unpaired) electrons. The van der Waals surface area contributed by atoms with E-state index in [2.05, 4.69) is 0 Å². The SMILES string of the molecule is CCCC(CCC)C(=O)OCC(COC(=O)C(CCC)CCC)(COC(=O)C(CCC)CCC)COC(=O)C(CCC)CCC. The monoisotopic (exact) mass is 640 g/mol. The average Bonchev–Trinajstić information content (AvgIpc) is 3.03. The number of carbonyl (C=O) groups is 4. The maximum Gasteiger partial charge on any atom is 0.308 e. The van der Waals surface area contributed by atoms with E-state index in [4.69, 9.17) is 18.9 Å². The van der Waals surface area contributed by atoms with E-state index in [1.165, 1.54) is 0 Å². The topological polar surface area (TPSA) is 105 Å². The summed E-state index contributed by atoms with van der Waals surface area (Å²) in [5.74, 6) is -2.31. The van der Waals surface area contributed by atoms with Crippen molar-refractivity contribution in [1.82, 2.24) is 0 Å². The Morgan fingerprint density at radius 1 is 0.356 bits per heavy atom. The number of carbonyl (C=O) groups excluding carboxylic acids is 4. The van der Waals surface area contributed by atoms with Gasteiger partial charge in [-0.3, -0.25) is 19.2 Å². The summed E-state index contributed by atoms with van der Waals surface area (Å²) >= 11 is 0. The first-order chi connectivity index (χ1) is 21.6. The molecule has 0 fully saturated rings. The lowest BCUT2D eigenvalue weighted by Gasteiger charge is -2.33. The summed E-state index contributed by atoms with van der Waals surface area (Å²) in [6, 6.07) is 0. The van der Waals surface area contributed by atoms with Crippen LogP contribution in [0.2, 0.25) is 0 Å². The van der Waals surface area contributed by atoms with Gasteiger partial charge in [-0.15, -0.1) is 0 Å². The molecule has 0 aliphatic heterocycles. The third-order valence-electron chi connectivity index (χ3n) is 8.51. The largest absolute Gasteiger partial charge is 0.464 e. The second-order valence-electron chi connectivity index (χ2n) is 13.0. The van der Waals surface area contributed by atoms with Crippen molar-refractivity contribution in [3.05, 3.63) is 0 Å². The Bertz CT molecular complexity index is 653. The van der Waals surface area contributed by atoms with E-state index < -0.39 is 5.41 Å². The molecule has 0 aromatic carbocycles. The van der Waals surface area contributed by atoms with Gasteiger partial charge in [-0.2, -0.15) is 0 Å². The molecule has 0 aliphatic carbocycles. The predicted octanol–water partition coefficient (Wildman–Crippen LogP) is 9.01. The molecule has 0 aliphatic rings. The zero-order chi connectivity index (χ0) is 34.1. The van der Waals surface area contributed by atoms with Gasteiger partial charge in [0.2, 0.25) is 0 Å². The maximum absolute atomic E-state index is 13.3. The van der Waals surface area contributed by atoms with E-state index in [1.54, 1.807) is 0 Å². The first-order valence-electron chi connectivity index (χ1n) is 18.3. The van der Waals surface area contributed by atoms with Crippen molar-refractivity contribution in [3.63, 3.8) is 0 Å². The van der Waals surface area contributed by atoms with Gasteiger partial charge in [-0.25, -0.2) is 0 Å². The molecule has 0 N–H and O–H groups in total. The first kappa shape index (κ1) is 42.9. The molecular formula is C37H68O8. The fourth-order valence-electron chi connectivity index (χ4n) is 5.93. The minimum Gasteiger partial charge on any atom is -0.464 e. The van der Waals surface area contributed by atoms with Crippen molar-refractivity contribution < 1.29 is 38.1 Å². The number of esters is 4. The molecule has 0 aromatic heterocycles. The summed E-state index contributed by atoms with van der Waals surface area (Å²) in [4.78, 5) is 53.1. The summed E-state index contributed by atoms with van der Waals surface area (Å²) < 4.78 is 23.7. The molecule has 264 valence electrons. The summed E-state index contributed by atoms with van der Waals surface area (Å²) in [5, 5.41) is 0. The lowest BCUT2D eigenvalue weighted by atomic mass is 9.90. The third kappa shape index (κ3) is 17.4.